The molecule has 0 fully saturated rings. The third-order valence-electron chi connectivity index (χ3n) is 4.78. The molecule has 32 heavy (non-hydrogen) atoms. The molecule has 0 aliphatic heterocycles. The van der Waals surface area contributed by atoms with E-state index in [0.29, 0.717) is 11.0 Å². The summed E-state index contributed by atoms with van der Waals surface area (Å²) in [6, 6.07) is 11.7. The summed E-state index contributed by atoms with van der Waals surface area (Å²) in [7, 11) is 0. The van der Waals surface area contributed by atoms with Crippen molar-refractivity contribution in [3.8, 4) is 0 Å². The highest BCUT2D eigenvalue weighted by Gasteiger charge is 2.18. The Labute approximate surface area is 190 Å². The lowest BCUT2D eigenvalue weighted by atomic mass is 10.1. The van der Waals surface area contributed by atoms with Gasteiger partial charge in [-0.25, -0.2) is 4.39 Å². The van der Waals surface area contributed by atoms with Crippen LogP contribution in [-0.4, -0.2) is 32.3 Å². The van der Waals surface area contributed by atoms with Gasteiger partial charge in [-0.3, -0.25) is 9.59 Å². The van der Waals surface area contributed by atoms with Crippen LogP contribution in [0.15, 0.2) is 47.6 Å². The second kappa shape index (κ2) is 10.4. The molecule has 1 aromatic heterocycles. The summed E-state index contributed by atoms with van der Waals surface area (Å²) in [5, 5.41) is 14.5. The Morgan fingerprint density at radius 1 is 1.12 bits per heavy atom. The first kappa shape index (κ1) is 23.5. The van der Waals surface area contributed by atoms with Gasteiger partial charge in [0.1, 0.15) is 5.82 Å². The molecule has 0 radical (unpaired) electrons. The number of anilines is 1. The van der Waals surface area contributed by atoms with E-state index >= 15 is 0 Å². The predicted molar refractivity (Wildman–Crippen MR) is 123 cm³/mol. The summed E-state index contributed by atoms with van der Waals surface area (Å²) in [5.41, 5.74) is 2.82. The van der Waals surface area contributed by atoms with Crippen LogP contribution in [0.5, 0.6) is 0 Å². The minimum Gasteiger partial charge on any atom is -0.345 e. The maximum Gasteiger partial charge on any atom is 0.254 e. The summed E-state index contributed by atoms with van der Waals surface area (Å²) in [6.45, 7) is 7.94. The third-order valence-corrected chi connectivity index (χ3v) is 5.72. The molecular formula is C23H26FN5O2S. The Hall–Kier alpha value is -3.20. The molecule has 0 saturated heterocycles. The van der Waals surface area contributed by atoms with Crippen molar-refractivity contribution in [2.75, 3.05) is 11.1 Å². The van der Waals surface area contributed by atoms with Gasteiger partial charge in [0.05, 0.1) is 17.9 Å². The fourth-order valence-corrected chi connectivity index (χ4v) is 4.02. The van der Waals surface area contributed by atoms with Gasteiger partial charge in [0.15, 0.2) is 11.0 Å². The van der Waals surface area contributed by atoms with Crippen molar-refractivity contribution in [2.24, 2.45) is 0 Å². The van der Waals surface area contributed by atoms with Crippen LogP contribution in [0, 0.1) is 19.7 Å². The Kier molecular flexibility index (Phi) is 7.63. The van der Waals surface area contributed by atoms with E-state index in [9.17, 15) is 14.0 Å². The summed E-state index contributed by atoms with van der Waals surface area (Å²) >= 11 is 1.27. The monoisotopic (exact) mass is 455 g/mol. The average Bonchev–Trinajstić information content (AvgIpc) is 3.16. The molecule has 2 amide bonds. The SMILES string of the molecule is Cc1ccc(C)c(NC(=O)CSc2nnc(CNC(=O)c3ccccc3F)n2C(C)C)c1. The van der Waals surface area contributed by atoms with Gasteiger partial charge in [-0.05, 0) is 57.0 Å². The number of amides is 2. The number of hydrogen-bond donors (Lipinski definition) is 2. The molecule has 2 N–H and O–H groups in total. The molecular weight excluding hydrogens is 429 g/mol. The highest BCUT2D eigenvalue weighted by Crippen LogP contribution is 2.23. The summed E-state index contributed by atoms with van der Waals surface area (Å²) in [5.74, 6) is -0.553. The first-order chi connectivity index (χ1) is 15.3. The average molecular weight is 456 g/mol. The predicted octanol–water partition coefficient (Wildman–Crippen LogP) is 4.28. The number of rotatable bonds is 8. The molecule has 9 heteroatoms. The smallest absolute Gasteiger partial charge is 0.254 e. The molecule has 0 saturated carbocycles. The Morgan fingerprint density at radius 2 is 1.88 bits per heavy atom. The molecule has 3 aromatic rings. The van der Waals surface area contributed by atoms with Crippen LogP contribution >= 0.6 is 11.8 Å². The Balaban J connectivity index is 1.64. The quantitative estimate of drug-likeness (QED) is 0.495. The number of benzene rings is 2. The zero-order valence-electron chi connectivity index (χ0n) is 18.5. The van der Waals surface area contributed by atoms with Gasteiger partial charge < -0.3 is 15.2 Å². The van der Waals surface area contributed by atoms with Crippen LogP contribution in [0.4, 0.5) is 10.1 Å². The molecule has 3 rings (SSSR count). The maximum atomic E-state index is 13.8. The molecule has 7 nitrogen and oxygen atoms in total. The van der Waals surface area contributed by atoms with Crippen molar-refractivity contribution < 1.29 is 14.0 Å². The lowest BCUT2D eigenvalue weighted by Gasteiger charge is -2.14. The molecule has 2 aromatic carbocycles. The lowest BCUT2D eigenvalue weighted by Crippen LogP contribution is -2.26. The number of carbonyl (C=O) groups excluding carboxylic acids is 2. The van der Waals surface area contributed by atoms with Crippen molar-refractivity contribution in [1.82, 2.24) is 20.1 Å². The minimum absolute atomic E-state index is 0.00921. The number of hydrogen-bond acceptors (Lipinski definition) is 5. The van der Waals surface area contributed by atoms with E-state index in [-0.39, 0.29) is 29.8 Å². The zero-order chi connectivity index (χ0) is 23.3. The minimum atomic E-state index is -0.582. The van der Waals surface area contributed by atoms with Gasteiger partial charge in [0.25, 0.3) is 5.91 Å². The van der Waals surface area contributed by atoms with Gasteiger partial charge in [-0.15, -0.1) is 10.2 Å². The highest BCUT2D eigenvalue weighted by molar-refractivity contribution is 7.99. The number of aryl methyl sites for hydroxylation is 2. The second-order valence-electron chi connectivity index (χ2n) is 7.68. The largest absolute Gasteiger partial charge is 0.345 e. The summed E-state index contributed by atoms with van der Waals surface area (Å²) in [6.07, 6.45) is 0. The van der Waals surface area contributed by atoms with E-state index in [4.69, 9.17) is 0 Å². The molecule has 168 valence electrons. The van der Waals surface area contributed by atoms with Crippen LogP contribution < -0.4 is 10.6 Å². The van der Waals surface area contributed by atoms with Gasteiger partial charge in [0.2, 0.25) is 5.91 Å². The Morgan fingerprint density at radius 3 is 2.59 bits per heavy atom. The van der Waals surface area contributed by atoms with Crippen molar-refractivity contribution >= 4 is 29.3 Å². The van der Waals surface area contributed by atoms with E-state index < -0.39 is 11.7 Å². The first-order valence-corrected chi connectivity index (χ1v) is 11.2. The zero-order valence-corrected chi connectivity index (χ0v) is 19.3. The van der Waals surface area contributed by atoms with Crippen LogP contribution in [0.2, 0.25) is 0 Å². The van der Waals surface area contributed by atoms with Crippen molar-refractivity contribution in [2.45, 2.75) is 45.4 Å². The maximum absolute atomic E-state index is 13.8. The molecule has 0 bridgehead atoms. The normalized spacial score (nSPS) is 10.9. The fourth-order valence-electron chi connectivity index (χ4n) is 3.13. The number of halogens is 1. The number of nitrogens with zero attached hydrogens (tertiary/aromatic N) is 3. The molecule has 0 spiro atoms. The number of carbonyl (C=O) groups is 2. The van der Waals surface area contributed by atoms with Gasteiger partial charge in [-0.2, -0.15) is 0 Å². The number of thioether (sulfide) groups is 1. The van der Waals surface area contributed by atoms with Gasteiger partial charge in [0, 0.05) is 11.7 Å². The summed E-state index contributed by atoms with van der Waals surface area (Å²) < 4.78 is 15.7. The van der Waals surface area contributed by atoms with Gasteiger partial charge in [-0.1, -0.05) is 36.0 Å². The number of nitrogens with one attached hydrogen (secondary N) is 2. The van der Waals surface area contributed by atoms with E-state index in [0.717, 1.165) is 16.8 Å². The summed E-state index contributed by atoms with van der Waals surface area (Å²) in [4.78, 5) is 24.8. The molecule has 0 aliphatic carbocycles. The molecule has 0 unspecified atom stereocenters. The van der Waals surface area contributed by atoms with Crippen molar-refractivity contribution in [1.29, 1.82) is 0 Å². The van der Waals surface area contributed by atoms with Crippen molar-refractivity contribution in [3.05, 3.63) is 70.8 Å². The van der Waals surface area contributed by atoms with Crippen molar-refractivity contribution in [3.63, 3.8) is 0 Å². The van der Waals surface area contributed by atoms with Crippen LogP contribution in [0.3, 0.4) is 0 Å². The van der Waals surface area contributed by atoms with E-state index in [1.807, 2.05) is 50.5 Å². The van der Waals surface area contributed by atoms with E-state index in [2.05, 4.69) is 20.8 Å². The van der Waals surface area contributed by atoms with E-state index in [1.165, 1.54) is 30.0 Å². The Bertz CT molecular complexity index is 1130. The first-order valence-electron chi connectivity index (χ1n) is 10.2. The van der Waals surface area contributed by atoms with Gasteiger partial charge >= 0.3 is 0 Å². The van der Waals surface area contributed by atoms with Crippen LogP contribution in [-0.2, 0) is 11.3 Å². The standard InChI is InChI=1S/C23H26FN5O2S/c1-14(2)29-20(12-25-22(31)17-7-5-6-8-18(17)24)27-28-23(29)32-13-21(30)26-19-11-15(3)9-10-16(19)4/h5-11,14H,12-13H2,1-4H3,(H,25,31)(H,26,30). The highest BCUT2D eigenvalue weighted by atomic mass is 32.2. The lowest BCUT2D eigenvalue weighted by molar-refractivity contribution is -0.113. The third kappa shape index (κ3) is 5.73. The molecule has 0 aliphatic rings. The van der Waals surface area contributed by atoms with Crippen LogP contribution in [0.1, 0.15) is 47.2 Å². The fraction of sp³-hybridized carbons (Fsp3) is 0.304. The molecule has 1 heterocycles. The number of aromatic nitrogens is 3. The van der Waals surface area contributed by atoms with E-state index in [1.54, 1.807) is 6.07 Å². The molecule has 0 atom stereocenters. The van der Waals surface area contributed by atoms with Crippen LogP contribution in [0.25, 0.3) is 0 Å². The second-order valence-corrected chi connectivity index (χ2v) is 8.62. The topological polar surface area (TPSA) is 88.9 Å².